The summed E-state index contributed by atoms with van der Waals surface area (Å²) in [5.41, 5.74) is 1.52. The second kappa shape index (κ2) is 10.6. The lowest BCUT2D eigenvalue weighted by Crippen LogP contribution is -2.35. The molecule has 0 spiro atoms. The third-order valence-electron chi connectivity index (χ3n) is 5.52. The fourth-order valence-electron chi connectivity index (χ4n) is 3.71. The van der Waals surface area contributed by atoms with Gasteiger partial charge in [0.2, 0.25) is 10.0 Å². The number of nitrogens with one attached hydrogen (secondary N) is 1. The lowest BCUT2D eigenvalue weighted by Gasteiger charge is -2.26. The molecule has 0 atom stereocenters. The molecular formula is C23H26ClN3O6S. The number of anilines is 1. The fraction of sp³-hybridized carbons (Fsp3) is 0.391. The van der Waals surface area contributed by atoms with Gasteiger partial charge in [0.05, 0.1) is 21.3 Å². The van der Waals surface area contributed by atoms with Crippen molar-refractivity contribution in [1.82, 2.24) is 4.31 Å². The molecule has 182 valence electrons. The van der Waals surface area contributed by atoms with E-state index in [0.29, 0.717) is 43.5 Å². The maximum atomic E-state index is 12.9. The Bertz CT molecular complexity index is 1200. The number of halogens is 1. The van der Waals surface area contributed by atoms with Crippen molar-refractivity contribution < 1.29 is 27.5 Å². The van der Waals surface area contributed by atoms with Crippen LogP contribution in [-0.4, -0.2) is 57.3 Å². The first kappa shape index (κ1) is 24.3. The van der Waals surface area contributed by atoms with Crippen LogP contribution >= 0.6 is 11.6 Å². The summed E-state index contributed by atoms with van der Waals surface area (Å²) in [4.78, 5) is 17.7. The molecule has 34 heavy (non-hydrogen) atoms. The van der Waals surface area contributed by atoms with Crippen LogP contribution in [0.4, 0.5) is 5.69 Å². The van der Waals surface area contributed by atoms with Crippen molar-refractivity contribution in [3.63, 3.8) is 0 Å². The molecule has 2 heterocycles. The summed E-state index contributed by atoms with van der Waals surface area (Å²) in [5, 5.41) is 6.81. The van der Waals surface area contributed by atoms with Gasteiger partial charge in [0.1, 0.15) is 13.2 Å². The van der Waals surface area contributed by atoms with Crippen LogP contribution in [0.2, 0.25) is 5.02 Å². The van der Waals surface area contributed by atoms with Crippen molar-refractivity contribution in [2.24, 2.45) is 5.16 Å². The number of oxime groups is 1. The van der Waals surface area contributed by atoms with Crippen LogP contribution in [0.1, 0.15) is 31.7 Å². The maximum Gasteiger partial charge on any atom is 0.265 e. The molecule has 1 fully saturated rings. The van der Waals surface area contributed by atoms with Gasteiger partial charge in [-0.15, -0.1) is 0 Å². The Morgan fingerprint density at radius 2 is 1.82 bits per heavy atom. The van der Waals surface area contributed by atoms with Crippen molar-refractivity contribution >= 4 is 38.9 Å². The number of hydrogen-bond acceptors (Lipinski definition) is 7. The number of hydrogen-bond donors (Lipinski definition) is 1. The number of sulfonamides is 1. The number of fused-ring (bicyclic) bond motifs is 1. The van der Waals surface area contributed by atoms with Gasteiger partial charge < -0.3 is 19.6 Å². The molecule has 0 radical (unpaired) electrons. The summed E-state index contributed by atoms with van der Waals surface area (Å²) in [5.74, 6) is 0.780. The molecule has 1 N–H and O–H groups in total. The predicted molar refractivity (Wildman–Crippen MR) is 128 cm³/mol. The molecule has 1 amide bonds. The zero-order valence-corrected chi connectivity index (χ0v) is 20.3. The molecule has 2 aliphatic heterocycles. The molecule has 0 aromatic heterocycles. The van der Waals surface area contributed by atoms with Gasteiger partial charge in [0, 0.05) is 18.7 Å². The fourth-order valence-corrected chi connectivity index (χ4v) is 5.42. The monoisotopic (exact) mass is 507 g/mol. The smallest absolute Gasteiger partial charge is 0.265 e. The van der Waals surface area contributed by atoms with E-state index < -0.39 is 15.9 Å². The largest absolute Gasteiger partial charge is 0.486 e. The van der Waals surface area contributed by atoms with Crippen LogP contribution in [-0.2, 0) is 19.7 Å². The van der Waals surface area contributed by atoms with Crippen molar-refractivity contribution in [2.75, 3.05) is 38.2 Å². The zero-order valence-electron chi connectivity index (χ0n) is 18.8. The van der Waals surface area contributed by atoms with E-state index in [1.807, 2.05) is 6.07 Å². The van der Waals surface area contributed by atoms with E-state index in [0.717, 1.165) is 24.8 Å². The first-order chi connectivity index (χ1) is 16.3. The second-order valence-corrected chi connectivity index (χ2v) is 10.3. The van der Waals surface area contributed by atoms with E-state index in [1.165, 1.54) is 22.5 Å². The van der Waals surface area contributed by atoms with Gasteiger partial charge >= 0.3 is 0 Å². The molecule has 0 aliphatic carbocycles. The Hall–Kier alpha value is -2.82. The van der Waals surface area contributed by atoms with Crippen LogP contribution in [0.25, 0.3) is 0 Å². The first-order valence-corrected chi connectivity index (χ1v) is 12.8. The minimum Gasteiger partial charge on any atom is -0.486 e. The molecule has 9 nitrogen and oxygen atoms in total. The average molecular weight is 508 g/mol. The predicted octanol–water partition coefficient (Wildman–Crippen LogP) is 3.67. The molecule has 2 aromatic rings. The molecule has 2 aromatic carbocycles. The van der Waals surface area contributed by atoms with Crippen LogP contribution in [0.3, 0.4) is 0 Å². The Kier molecular flexibility index (Phi) is 7.60. The van der Waals surface area contributed by atoms with Gasteiger partial charge in [-0.1, -0.05) is 23.2 Å². The van der Waals surface area contributed by atoms with Gasteiger partial charge in [0.15, 0.2) is 18.1 Å². The molecule has 2 aliphatic rings. The highest BCUT2D eigenvalue weighted by Crippen LogP contribution is 2.31. The van der Waals surface area contributed by atoms with Crippen LogP contribution in [0.5, 0.6) is 11.5 Å². The van der Waals surface area contributed by atoms with Crippen molar-refractivity contribution in [1.29, 1.82) is 0 Å². The second-order valence-electron chi connectivity index (χ2n) is 7.96. The van der Waals surface area contributed by atoms with E-state index >= 15 is 0 Å². The van der Waals surface area contributed by atoms with Crippen LogP contribution in [0.15, 0.2) is 46.4 Å². The summed E-state index contributed by atoms with van der Waals surface area (Å²) in [6.45, 7) is 3.33. The number of amides is 1. The number of ether oxygens (including phenoxy) is 2. The summed E-state index contributed by atoms with van der Waals surface area (Å²) in [7, 11) is -3.65. The highest BCUT2D eigenvalue weighted by Gasteiger charge is 2.26. The summed E-state index contributed by atoms with van der Waals surface area (Å²) in [6.07, 6.45) is 2.68. The molecule has 0 unspecified atom stereocenters. The van der Waals surface area contributed by atoms with E-state index in [4.69, 9.17) is 25.9 Å². The van der Waals surface area contributed by atoms with Crippen molar-refractivity contribution in [2.45, 2.75) is 31.1 Å². The quantitative estimate of drug-likeness (QED) is 0.452. The van der Waals surface area contributed by atoms with Crippen molar-refractivity contribution in [3.05, 3.63) is 47.0 Å². The minimum atomic E-state index is -3.65. The lowest BCUT2D eigenvalue weighted by atomic mass is 10.1. The third kappa shape index (κ3) is 5.63. The standard InChI is InChI=1S/C23H26ClN3O6S/c1-16(17-5-8-21-22(13-17)32-12-11-31-21)26-33-15-23(28)25-20-14-18(6-7-19(20)24)34(29,30)27-9-3-2-4-10-27/h5-8,13-14H,2-4,9-12,15H2,1H3,(H,25,28)/b26-16-. The Balaban J connectivity index is 1.38. The van der Waals surface area contributed by atoms with E-state index in [1.54, 1.807) is 19.1 Å². The molecule has 0 saturated carbocycles. The summed E-state index contributed by atoms with van der Waals surface area (Å²) < 4.78 is 38.4. The molecule has 4 rings (SSSR count). The number of benzene rings is 2. The van der Waals surface area contributed by atoms with Gasteiger partial charge in [-0.05, 0) is 56.2 Å². The van der Waals surface area contributed by atoms with Crippen molar-refractivity contribution in [3.8, 4) is 11.5 Å². The number of piperidine rings is 1. The molecule has 1 saturated heterocycles. The van der Waals surface area contributed by atoms with Gasteiger partial charge in [-0.2, -0.15) is 4.31 Å². The molecule has 11 heteroatoms. The van der Waals surface area contributed by atoms with E-state index in [9.17, 15) is 13.2 Å². The average Bonchev–Trinajstić information content (AvgIpc) is 2.85. The third-order valence-corrected chi connectivity index (χ3v) is 7.75. The van der Waals surface area contributed by atoms with Crippen LogP contribution < -0.4 is 14.8 Å². The Labute approximate surface area is 203 Å². The molecular weight excluding hydrogens is 482 g/mol. The first-order valence-electron chi connectivity index (χ1n) is 11.0. The number of carbonyl (C=O) groups is 1. The topological polar surface area (TPSA) is 107 Å². The lowest BCUT2D eigenvalue weighted by molar-refractivity contribution is -0.120. The highest BCUT2D eigenvalue weighted by molar-refractivity contribution is 7.89. The number of nitrogens with zero attached hydrogens (tertiary/aromatic N) is 2. The van der Waals surface area contributed by atoms with Gasteiger partial charge in [0.25, 0.3) is 5.91 Å². The highest BCUT2D eigenvalue weighted by atomic mass is 35.5. The SMILES string of the molecule is C/C(=N/OCC(=O)Nc1cc(S(=O)(=O)N2CCCCC2)ccc1Cl)c1ccc2c(c1)OCCO2. The van der Waals surface area contributed by atoms with Crippen LogP contribution in [0, 0.1) is 0 Å². The maximum absolute atomic E-state index is 12.9. The van der Waals surface area contributed by atoms with Gasteiger partial charge in [-0.3, -0.25) is 4.79 Å². The normalized spacial score (nSPS) is 16.7. The Morgan fingerprint density at radius 3 is 2.59 bits per heavy atom. The Morgan fingerprint density at radius 1 is 1.09 bits per heavy atom. The van der Waals surface area contributed by atoms with E-state index in [2.05, 4.69) is 10.5 Å². The zero-order chi connectivity index (χ0) is 24.1. The molecule has 0 bridgehead atoms. The van der Waals surface area contributed by atoms with Gasteiger partial charge in [-0.25, -0.2) is 8.42 Å². The summed E-state index contributed by atoms with van der Waals surface area (Å²) >= 11 is 6.19. The summed E-state index contributed by atoms with van der Waals surface area (Å²) in [6, 6.07) is 9.68. The minimum absolute atomic E-state index is 0.0856. The number of rotatable bonds is 7. The number of carbonyl (C=O) groups excluding carboxylic acids is 1. The van der Waals surface area contributed by atoms with E-state index in [-0.39, 0.29) is 22.2 Å².